The molecule has 0 fully saturated rings. The van der Waals surface area contributed by atoms with Gasteiger partial charge in [-0.1, -0.05) is 0 Å². The molecule has 0 bridgehead atoms. The summed E-state index contributed by atoms with van der Waals surface area (Å²) in [5, 5.41) is 34.9. The van der Waals surface area contributed by atoms with Crippen molar-refractivity contribution in [1.29, 1.82) is 0 Å². The molecule has 0 radical (unpaired) electrons. The average Bonchev–Trinajstić information content (AvgIpc) is 2.42. The molecule has 0 aliphatic carbocycles. The molecule has 0 rings (SSSR count). The Morgan fingerprint density at radius 3 is 0.714 bits per heavy atom. The third kappa shape index (κ3) is 75.2. The van der Waals surface area contributed by atoms with Crippen LogP contribution in [-0.2, 0) is 45.2 Å². The van der Waals surface area contributed by atoms with Crippen molar-refractivity contribution in [2.24, 2.45) is 0 Å². The van der Waals surface area contributed by atoms with E-state index in [4.69, 9.17) is 0 Å². The van der Waals surface area contributed by atoms with Gasteiger partial charge < -0.3 is 62.1 Å². The van der Waals surface area contributed by atoms with Gasteiger partial charge in [0.2, 0.25) is 17.7 Å². The summed E-state index contributed by atoms with van der Waals surface area (Å²) in [6, 6.07) is 0. The van der Waals surface area contributed by atoms with E-state index in [1.807, 2.05) is 16.0 Å². The van der Waals surface area contributed by atoms with Crippen LogP contribution in [0.4, 0.5) is 0 Å². The van der Waals surface area contributed by atoms with Crippen LogP contribution in [0.1, 0.15) is 20.8 Å². The molecule has 0 aromatic rings. The van der Waals surface area contributed by atoms with E-state index in [1.165, 1.54) is 20.8 Å². The van der Waals surface area contributed by atoms with Gasteiger partial charge in [-0.15, -0.1) is 0 Å². The molecule has 0 spiro atoms. The van der Waals surface area contributed by atoms with Crippen LogP contribution in [0.2, 0.25) is 0 Å². The average molecular weight is 564 g/mol. The minimum Gasteiger partial charge on any atom is -0.548 e. The fraction of sp³-hybridized carbons (Fsp3) is 0.500. The third-order valence-electron chi connectivity index (χ3n) is 1.45. The number of carboxylic acid groups (broad SMARTS) is 3. The zero-order valence-corrected chi connectivity index (χ0v) is 17.5. The van der Waals surface area contributed by atoms with Gasteiger partial charge in [0.05, 0.1) is 37.5 Å². The number of hydrogen-bond acceptors (Lipinski definition) is 9. The fourth-order valence-corrected chi connectivity index (χ4v) is 0.590. The number of nitrogens with one attached hydrogen (secondary N) is 3. The number of carbonyl (C=O) groups is 6. The Kier molecular flexibility index (Phi) is 47.8. The van der Waals surface area contributed by atoms with E-state index in [2.05, 4.69) is 0 Å². The summed E-state index contributed by atoms with van der Waals surface area (Å²) in [6.45, 7) is 2.49. The summed E-state index contributed by atoms with van der Waals surface area (Å²) >= 11 is 0. The molecule has 0 saturated heterocycles. The number of hydrogen-bond donors (Lipinski definition) is 3. The monoisotopic (exact) mass is 564 g/mol. The largest absolute Gasteiger partial charge is 3.00 e. The Bertz CT molecular complexity index is 364. The summed E-state index contributed by atoms with van der Waals surface area (Å²) in [7, 11) is 0. The van der Waals surface area contributed by atoms with E-state index in [0.29, 0.717) is 0 Å². The predicted molar refractivity (Wildman–Crippen MR) is 85.7 cm³/mol. The molecule has 15 nitrogen and oxygen atoms in total. The Labute approximate surface area is 190 Å². The molecule has 0 unspecified atom stereocenters. The second-order valence-electron chi connectivity index (χ2n) is 3.85. The number of carbonyl (C=O) groups excluding carboxylic acids is 6. The van der Waals surface area contributed by atoms with Crippen LogP contribution in [0.3, 0.4) is 0 Å². The quantitative estimate of drug-likeness (QED) is 0.258. The minimum atomic E-state index is -1.28. The Morgan fingerprint density at radius 2 is 0.679 bits per heavy atom. The second-order valence-corrected chi connectivity index (χ2v) is 3.85. The Balaban J connectivity index is -0.0000000441. The van der Waals surface area contributed by atoms with Crippen LogP contribution in [0.25, 0.3) is 0 Å². The van der Waals surface area contributed by atoms with Crippen LogP contribution in [0, 0.1) is 38.6 Å². The first kappa shape index (κ1) is 45.0. The van der Waals surface area contributed by atoms with Crippen molar-refractivity contribution in [1.82, 2.24) is 16.0 Å². The van der Waals surface area contributed by atoms with Gasteiger partial charge in [-0.3, -0.25) is 14.4 Å². The standard InChI is InChI=1S/3C4H7NO3.3H2O.Tb/c3*1-3(6)5-2-4(7)8;;;;/h3*2H2,1H3,(H,5,6)(H,7,8);3*1H2;/q;;;;;;+3. The van der Waals surface area contributed by atoms with Crippen LogP contribution in [0.5, 0.6) is 0 Å². The summed E-state index contributed by atoms with van der Waals surface area (Å²) in [5.41, 5.74) is 0. The zero-order valence-electron chi connectivity index (χ0n) is 15.4. The topological polar surface area (TPSA) is 307 Å². The van der Waals surface area contributed by atoms with Crippen molar-refractivity contribution in [3.05, 3.63) is 0 Å². The van der Waals surface area contributed by atoms with Gasteiger partial charge >= 0.3 is 38.6 Å². The predicted octanol–water partition coefficient (Wildman–Crippen LogP) is -9.15. The minimum absolute atomic E-state index is 0. The summed E-state index contributed by atoms with van der Waals surface area (Å²) in [4.78, 5) is 58.6. The van der Waals surface area contributed by atoms with E-state index in [9.17, 15) is 44.1 Å². The van der Waals surface area contributed by atoms with E-state index in [-0.39, 0.29) is 72.8 Å². The molecule has 0 aliphatic rings. The van der Waals surface area contributed by atoms with Gasteiger partial charge in [0.15, 0.2) is 0 Å². The SMILES string of the molecule is CC(=O)NCC(=O)[O-].CC(=O)NCC(=O)[O-].CC(=O)NCC(=O)[O-].[OH3+].[OH3+].[OH3+].[Tb+3]. The number of carboxylic acids is 3. The van der Waals surface area contributed by atoms with E-state index >= 15 is 0 Å². The van der Waals surface area contributed by atoms with Gasteiger partial charge in [0.25, 0.3) is 0 Å². The summed E-state index contributed by atoms with van der Waals surface area (Å²) < 4.78 is 0. The zero-order chi connectivity index (χ0) is 19.7. The molecule has 16 heteroatoms. The van der Waals surface area contributed by atoms with Gasteiger partial charge in [-0.05, 0) is 0 Å². The van der Waals surface area contributed by atoms with Crippen molar-refractivity contribution in [2.45, 2.75) is 20.8 Å². The molecule has 0 atom stereocenters. The molecular weight excluding hydrogens is 537 g/mol. The molecule has 0 heterocycles. The Hall–Kier alpha value is -2.01. The maximum Gasteiger partial charge on any atom is 3.00 e. The number of rotatable bonds is 6. The molecular formula is C12H27N3O12Tb+3. The fourth-order valence-electron chi connectivity index (χ4n) is 0.590. The van der Waals surface area contributed by atoms with Gasteiger partial charge in [-0.2, -0.15) is 0 Å². The molecule has 168 valence electrons. The molecule has 0 aromatic carbocycles. The summed E-state index contributed by atoms with van der Waals surface area (Å²) in [5.74, 6) is -4.93. The van der Waals surface area contributed by atoms with E-state index < -0.39 is 37.5 Å². The molecule has 0 saturated carbocycles. The van der Waals surface area contributed by atoms with Crippen molar-refractivity contribution in [2.75, 3.05) is 19.6 Å². The first-order chi connectivity index (χ1) is 10.9. The number of amides is 3. The maximum atomic E-state index is 9.95. The smallest absolute Gasteiger partial charge is 0.548 e. The van der Waals surface area contributed by atoms with E-state index in [0.717, 1.165) is 0 Å². The molecule has 28 heavy (non-hydrogen) atoms. The van der Waals surface area contributed by atoms with Gasteiger partial charge in [0.1, 0.15) is 0 Å². The first-order valence-electron chi connectivity index (χ1n) is 6.21. The van der Waals surface area contributed by atoms with Crippen LogP contribution < -0.4 is 31.3 Å². The first-order valence-corrected chi connectivity index (χ1v) is 6.21. The molecule has 3 amide bonds. The van der Waals surface area contributed by atoms with Crippen LogP contribution >= 0.6 is 0 Å². The van der Waals surface area contributed by atoms with Crippen molar-refractivity contribution >= 4 is 35.6 Å². The Morgan fingerprint density at radius 1 is 0.536 bits per heavy atom. The third-order valence-corrected chi connectivity index (χ3v) is 1.45. The number of aliphatic carboxylic acids is 3. The molecule has 12 N–H and O–H groups in total. The van der Waals surface area contributed by atoms with Gasteiger partial charge in [0, 0.05) is 20.8 Å². The summed E-state index contributed by atoms with van der Waals surface area (Å²) in [6.07, 6.45) is 0. The van der Waals surface area contributed by atoms with Crippen LogP contribution in [0.15, 0.2) is 0 Å². The van der Waals surface area contributed by atoms with Crippen molar-refractivity contribution in [3.8, 4) is 0 Å². The second kappa shape index (κ2) is 29.7. The molecule has 0 aliphatic heterocycles. The maximum absolute atomic E-state index is 9.95. The van der Waals surface area contributed by atoms with Crippen molar-refractivity contribution < 1.29 is 99.1 Å². The van der Waals surface area contributed by atoms with Gasteiger partial charge in [-0.25, -0.2) is 0 Å². The van der Waals surface area contributed by atoms with Crippen LogP contribution in [-0.4, -0.2) is 55.3 Å². The van der Waals surface area contributed by atoms with E-state index in [1.54, 1.807) is 0 Å². The van der Waals surface area contributed by atoms with Crippen molar-refractivity contribution in [3.63, 3.8) is 0 Å². The normalized spacial score (nSPS) is 6.96. The molecule has 0 aromatic heterocycles.